The van der Waals surface area contributed by atoms with Crippen molar-refractivity contribution in [3.8, 4) is 11.6 Å². The van der Waals surface area contributed by atoms with Gasteiger partial charge in [0.15, 0.2) is 5.69 Å². The largest absolute Gasteiger partial charge is 0.443 e. The molecule has 0 aromatic carbocycles. The molecule has 0 unspecified atom stereocenters. The van der Waals surface area contributed by atoms with Crippen LogP contribution in [0.3, 0.4) is 0 Å². The van der Waals surface area contributed by atoms with Gasteiger partial charge in [0.2, 0.25) is 5.89 Å². The fraction of sp³-hybridized carbons (Fsp3) is 0.400. The Morgan fingerprint density at radius 2 is 2.31 bits per heavy atom. The van der Waals surface area contributed by atoms with Gasteiger partial charge in [0.25, 0.3) is 0 Å². The van der Waals surface area contributed by atoms with E-state index in [0.29, 0.717) is 22.3 Å². The SMILES string of the molecule is CC(C)n1nc(-c2ncco2)c(Cl)c1CO. The molecule has 2 rings (SSSR count). The van der Waals surface area contributed by atoms with Gasteiger partial charge in [-0.15, -0.1) is 0 Å². The first kappa shape index (κ1) is 11.2. The van der Waals surface area contributed by atoms with Crippen molar-refractivity contribution < 1.29 is 9.52 Å². The Morgan fingerprint density at radius 3 is 2.75 bits per heavy atom. The van der Waals surface area contributed by atoms with Gasteiger partial charge in [-0.05, 0) is 13.8 Å². The van der Waals surface area contributed by atoms with E-state index in [9.17, 15) is 5.11 Å². The lowest BCUT2D eigenvalue weighted by atomic mass is 10.3. The van der Waals surface area contributed by atoms with Crippen LogP contribution in [0, 0.1) is 0 Å². The van der Waals surface area contributed by atoms with Crippen molar-refractivity contribution in [2.75, 3.05) is 0 Å². The molecular formula is C10H12ClN3O2. The van der Waals surface area contributed by atoms with Crippen LogP contribution in [-0.2, 0) is 6.61 Å². The lowest BCUT2D eigenvalue weighted by Crippen LogP contribution is -2.07. The second-order valence-electron chi connectivity index (χ2n) is 3.64. The summed E-state index contributed by atoms with van der Waals surface area (Å²) in [7, 11) is 0. The van der Waals surface area contributed by atoms with E-state index in [2.05, 4.69) is 10.1 Å². The average molecular weight is 242 g/mol. The molecule has 0 saturated carbocycles. The van der Waals surface area contributed by atoms with Crippen LogP contribution in [0.1, 0.15) is 25.6 Å². The molecule has 0 aliphatic heterocycles. The summed E-state index contributed by atoms with van der Waals surface area (Å²) >= 11 is 6.12. The average Bonchev–Trinajstić information content (AvgIpc) is 2.84. The Kier molecular flexibility index (Phi) is 2.98. The monoisotopic (exact) mass is 241 g/mol. The van der Waals surface area contributed by atoms with Crippen molar-refractivity contribution in [3.05, 3.63) is 23.2 Å². The maximum absolute atomic E-state index is 9.26. The minimum Gasteiger partial charge on any atom is -0.443 e. The summed E-state index contributed by atoms with van der Waals surface area (Å²) in [5.41, 5.74) is 1.04. The van der Waals surface area contributed by atoms with Crippen LogP contribution < -0.4 is 0 Å². The number of nitrogens with zero attached hydrogens (tertiary/aromatic N) is 3. The van der Waals surface area contributed by atoms with E-state index in [1.165, 1.54) is 12.5 Å². The Hall–Kier alpha value is -1.33. The van der Waals surface area contributed by atoms with Gasteiger partial charge < -0.3 is 9.52 Å². The van der Waals surface area contributed by atoms with E-state index in [4.69, 9.17) is 16.0 Å². The smallest absolute Gasteiger partial charge is 0.248 e. The van der Waals surface area contributed by atoms with Crippen LogP contribution in [0.5, 0.6) is 0 Å². The molecule has 5 nitrogen and oxygen atoms in total. The van der Waals surface area contributed by atoms with Crippen molar-refractivity contribution >= 4 is 11.6 Å². The lowest BCUT2D eigenvalue weighted by Gasteiger charge is -2.08. The lowest BCUT2D eigenvalue weighted by molar-refractivity contribution is 0.264. The summed E-state index contributed by atoms with van der Waals surface area (Å²) in [6.07, 6.45) is 2.98. The second-order valence-corrected chi connectivity index (χ2v) is 4.02. The number of oxazole rings is 1. The summed E-state index contributed by atoms with van der Waals surface area (Å²) in [5, 5.41) is 13.9. The molecular weight excluding hydrogens is 230 g/mol. The number of hydrogen-bond acceptors (Lipinski definition) is 4. The molecule has 0 atom stereocenters. The van der Waals surface area contributed by atoms with Crippen LogP contribution in [0.25, 0.3) is 11.6 Å². The number of rotatable bonds is 3. The summed E-state index contributed by atoms with van der Waals surface area (Å²) in [6, 6.07) is 0.114. The predicted molar refractivity (Wildman–Crippen MR) is 59.0 cm³/mol. The van der Waals surface area contributed by atoms with Gasteiger partial charge in [-0.3, -0.25) is 4.68 Å². The van der Waals surface area contributed by atoms with Crippen molar-refractivity contribution in [3.63, 3.8) is 0 Å². The van der Waals surface area contributed by atoms with E-state index >= 15 is 0 Å². The number of halogens is 1. The molecule has 0 radical (unpaired) electrons. The normalized spacial score (nSPS) is 11.3. The topological polar surface area (TPSA) is 64.1 Å². The van der Waals surface area contributed by atoms with Gasteiger partial charge in [-0.2, -0.15) is 5.10 Å². The summed E-state index contributed by atoms with van der Waals surface area (Å²) in [5.74, 6) is 0.360. The molecule has 0 bridgehead atoms. The third-order valence-electron chi connectivity index (χ3n) is 2.22. The maximum Gasteiger partial charge on any atom is 0.248 e. The van der Waals surface area contributed by atoms with Crippen molar-refractivity contribution in [1.82, 2.24) is 14.8 Å². The molecule has 2 heterocycles. The minimum atomic E-state index is -0.162. The Bertz CT molecular complexity index is 476. The molecule has 86 valence electrons. The highest BCUT2D eigenvalue weighted by molar-refractivity contribution is 6.33. The second kappa shape index (κ2) is 4.27. The Morgan fingerprint density at radius 1 is 1.56 bits per heavy atom. The minimum absolute atomic E-state index is 0.114. The molecule has 0 aliphatic carbocycles. The number of aliphatic hydroxyl groups excluding tert-OH is 1. The van der Waals surface area contributed by atoms with Crippen molar-refractivity contribution in [2.24, 2.45) is 0 Å². The molecule has 0 saturated heterocycles. The Balaban J connectivity index is 2.56. The molecule has 6 heteroatoms. The first-order valence-corrected chi connectivity index (χ1v) is 5.30. The zero-order chi connectivity index (χ0) is 11.7. The van der Waals surface area contributed by atoms with Crippen molar-refractivity contribution in [1.29, 1.82) is 0 Å². The number of aliphatic hydroxyl groups is 1. The fourth-order valence-corrected chi connectivity index (χ4v) is 1.76. The quantitative estimate of drug-likeness (QED) is 0.895. The van der Waals surface area contributed by atoms with E-state index in [0.717, 1.165) is 0 Å². The summed E-state index contributed by atoms with van der Waals surface area (Å²) in [6.45, 7) is 3.76. The predicted octanol–water partition coefficient (Wildman–Crippen LogP) is 2.26. The van der Waals surface area contributed by atoms with Crippen LogP contribution in [0.2, 0.25) is 5.02 Å². The number of hydrogen-bond donors (Lipinski definition) is 1. The van der Waals surface area contributed by atoms with Gasteiger partial charge >= 0.3 is 0 Å². The Labute approximate surface area is 97.7 Å². The van der Waals surface area contributed by atoms with E-state index in [1.807, 2.05) is 13.8 Å². The molecule has 2 aromatic rings. The third kappa shape index (κ3) is 1.72. The molecule has 0 fully saturated rings. The van der Waals surface area contributed by atoms with Crippen molar-refractivity contribution in [2.45, 2.75) is 26.5 Å². The van der Waals surface area contributed by atoms with Crippen LogP contribution in [0.15, 0.2) is 16.9 Å². The highest BCUT2D eigenvalue weighted by Crippen LogP contribution is 2.30. The summed E-state index contributed by atoms with van der Waals surface area (Å²) in [4.78, 5) is 3.99. The summed E-state index contributed by atoms with van der Waals surface area (Å²) < 4.78 is 6.81. The first-order valence-electron chi connectivity index (χ1n) is 4.92. The van der Waals surface area contributed by atoms with Crippen LogP contribution >= 0.6 is 11.6 Å². The molecule has 0 spiro atoms. The van der Waals surface area contributed by atoms with Gasteiger partial charge in [0.1, 0.15) is 6.26 Å². The van der Waals surface area contributed by atoms with E-state index < -0.39 is 0 Å². The third-order valence-corrected chi connectivity index (χ3v) is 2.62. The highest BCUT2D eigenvalue weighted by Gasteiger charge is 2.20. The van der Waals surface area contributed by atoms with Gasteiger partial charge in [0.05, 0.1) is 23.5 Å². The van der Waals surface area contributed by atoms with Crippen LogP contribution in [-0.4, -0.2) is 19.9 Å². The maximum atomic E-state index is 9.26. The highest BCUT2D eigenvalue weighted by atomic mass is 35.5. The molecule has 0 amide bonds. The standard InChI is InChI=1S/C10H12ClN3O2/c1-6(2)14-7(5-15)8(11)9(13-14)10-12-3-4-16-10/h3-4,6,15H,5H2,1-2H3. The molecule has 0 aliphatic rings. The molecule has 2 aromatic heterocycles. The van der Waals surface area contributed by atoms with E-state index in [1.54, 1.807) is 4.68 Å². The number of aromatic nitrogens is 3. The van der Waals surface area contributed by atoms with Gasteiger partial charge in [0, 0.05) is 6.04 Å². The van der Waals surface area contributed by atoms with Gasteiger partial charge in [-0.25, -0.2) is 4.98 Å². The fourth-order valence-electron chi connectivity index (χ4n) is 1.50. The van der Waals surface area contributed by atoms with E-state index in [-0.39, 0.29) is 12.6 Å². The molecule has 16 heavy (non-hydrogen) atoms. The van der Waals surface area contributed by atoms with Gasteiger partial charge in [-0.1, -0.05) is 11.6 Å². The van der Waals surface area contributed by atoms with Crippen LogP contribution in [0.4, 0.5) is 0 Å². The zero-order valence-corrected chi connectivity index (χ0v) is 9.77. The zero-order valence-electron chi connectivity index (χ0n) is 9.01. The first-order chi connectivity index (χ1) is 7.65. The molecule has 1 N–H and O–H groups in total.